The zero-order valence-corrected chi connectivity index (χ0v) is 17.8. The number of rotatable bonds is 11. The largest absolute Gasteiger partial charge is 0.487 e. The molecule has 0 spiro atoms. The van der Waals surface area contributed by atoms with Gasteiger partial charge in [-0.15, -0.1) is 0 Å². The van der Waals surface area contributed by atoms with E-state index in [4.69, 9.17) is 14.3 Å². The normalized spacial score (nSPS) is 12.5. The van der Waals surface area contributed by atoms with E-state index in [2.05, 4.69) is 29.4 Å². The standard InChI is InChI=1S/C25H27NO5/c1-3-29-24(25(27)28)15-18-9-13-22(14-10-18)30-17-23(26-31-4-2)21-12-11-19-7-5-6-8-20(19)16-21/h5-14,16,24H,3-4,15,17H2,1-2H3,(H,27,28)/b26-23+. The second-order valence-electron chi connectivity index (χ2n) is 6.94. The molecule has 3 rings (SSSR count). The topological polar surface area (TPSA) is 77.3 Å². The number of carbonyl (C=O) groups is 1. The van der Waals surface area contributed by atoms with Crippen LogP contribution >= 0.6 is 0 Å². The highest BCUT2D eigenvalue weighted by molar-refractivity contribution is 6.04. The SMILES string of the molecule is CCO/N=C(\COc1ccc(CC(OCC)C(=O)O)cc1)c1ccc2ccccc2c1. The Morgan fingerprint density at radius 2 is 1.71 bits per heavy atom. The van der Waals surface area contributed by atoms with Crippen molar-refractivity contribution in [3.05, 3.63) is 77.9 Å². The molecule has 0 aliphatic heterocycles. The van der Waals surface area contributed by atoms with E-state index in [1.807, 2.05) is 49.4 Å². The molecule has 1 atom stereocenters. The first-order valence-corrected chi connectivity index (χ1v) is 10.3. The summed E-state index contributed by atoms with van der Waals surface area (Å²) in [7, 11) is 0. The Hall–Kier alpha value is -3.38. The molecule has 6 nitrogen and oxygen atoms in total. The highest BCUT2D eigenvalue weighted by Crippen LogP contribution is 2.18. The molecule has 0 fully saturated rings. The number of hydrogen-bond acceptors (Lipinski definition) is 5. The summed E-state index contributed by atoms with van der Waals surface area (Å²) in [4.78, 5) is 16.6. The lowest BCUT2D eigenvalue weighted by Crippen LogP contribution is -2.26. The number of fused-ring (bicyclic) bond motifs is 1. The maximum absolute atomic E-state index is 11.3. The Labute approximate surface area is 182 Å². The van der Waals surface area contributed by atoms with Gasteiger partial charge in [-0.05, 0) is 48.4 Å². The van der Waals surface area contributed by atoms with Gasteiger partial charge in [-0.2, -0.15) is 0 Å². The first-order valence-electron chi connectivity index (χ1n) is 10.3. The van der Waals surface area contributed by atoms with E-state index < -0.39 is 12.1 Å². The van der Waals surface area contributed by atoms with Crippen molar-refractivity contribution in [2.75, 3.05) is 19.8 Å². The molecule has 0 bridgehead atoms. The predicted molar refractivity (Wildman–Crippen MR) is 121 cm³/mol. The van der Waals surface area contributed by atoms with Gasteiger partial charge in [-0.1, -0.05) is 53.7 Å². The molecule has 0 aliphatic rings. The fourth-order valence-electron chi connectivity index (χ4n) is 3.18. The summed E-state index contributed by atoms with van der Waals surface area (Å²) < 4.78 is 11.2. The van der Waals surface area contributed by atoms with E-state index in [1.54, 1.807) is 6.92 Å². The summed E-state index contributed by atoms with van der Waals surface area (Å²) in [5, 5.41) is 15.8. The molecule has 31 heavy (non-hydrogen) atoms. The Morgan fingerprint density at radius 3 is 2.39 bits per heavy atom. The molecule has 0 aromatic heterocycles. The lowest BCUT2D eigenvalue weighted by atomic mass is 10.0. The van der Waals surface area contributed by atoms with Crippen molar-refractivity contribution in [3.8, 4) is 5.75 Å². The minimum absolute atomic E-state index is 0.244. The Bertz CT molecular complexity index is 1030. The zero-order valence-electron chi connectivity index (χ0n) is 17.8. The number of hydrogen-bond donors (Lipinski definition) is 1. The van der Waals surface area contributed by atoms with Crippen LogP contribution in [0.3, 0.4) is 0 Å². The quantitative estimate of drug-likeness (QED) is 0.359. The summed E-state index contributed by atoms with van der Waals surface area (Å²) in [6.07, 6.45) is -0.549. The molecular weight excluding hydrogens is 394 g/mol. The molecule has 0 saturated heterocycles. The second-order valence-corrected chi connectivity index (χ2v) is 6.94. The molecule has 1 unspecified atom stereocenters. The first kappa shape index (κ1) is 22.3. The highest BCUT2D eigenvalue weighted by Gasteiger charge is 2.18. The van der Waals surface area contributed by atoms with Crippen molar-refractivity contribution >= 4 is 22.5 Å². The van der Waals surface area contributed by atoms with Crippen molar-refractivity contribution in [3.63, 3.8) is 0 Å². The predicted octanol–water partition coefficient (Wildman–Crippen LogP) is 4.69. The van der Waals surface area contributed by atoms with Crippen LogP contribution in [0.15, 0.2) is 71.9 Å². The molecular formula is C25H27NO5. The third-order valence-corrected chi connectivity index (χ3v) is 4.75. The van der Waals surface area contributed by atoms with Crippen molar-refractivity contribution in [1.82, 2.24) is 0 Å². The fraction of sp³-hybridized carbons (Fsp3) is 0.280. The molecule has 0 radical (unpaired) electrons. The summed E-state index contributed by atoms with van der Waals surface area (Å²) in [6, 6.07) is 21.6. The molecule has 0 saturated carbocycles. The van der Waals surface area contributed by atoms with E-state index in [9.17, 15) is 9.90 Å². The number of ether oxygens (including phenoxy) is 2. The highest BCUT2D eigenvalue weighted by atomic mass is 16.6. The van der Waals surface area contributed by atoms with Crippen LogP contribution in [0.5, 0.6) is 5.75 Å². The van der Waals surface area contributed by atoms with Gasteiger partial charge in [0.2, 0.25) is 0 Å². The summed E-state index contributed by atoms with van der Waals surface area (Å²) in [5.41, 5.74) is 2.50. The maximum atomic E-state index is 11.3. The smallest absolute Gasteiger partial charge is 0.333 e. The molecule has 162 valence electrons. The number of benzene rings is 3. The van der Waals surface area contributed by atoms with Gasteiger partial charge in [-0.25, -0.2) is 4.79 Å². The van der Waals surface area contributed by atoms with Crippen LogP contribution in [0.4, 0.5) is 0 Å². The van der Waals surface area contributed by atoms with Crippen molar-refractivity contribution in [2.24, 2.45) is 5.16 Å². The van der Waals surface area contributed by atoms with Gasteiger partial charge in [0.1, 0.15) is 24.7 Å². The van der Waals surface area contributed by atoms with Gasteiger partial charge in [0.15, 0.2) is 6.10 Å². The van der Waals surface area contributed by atoms with E-state index in [0.717, 1.165) is 21.9 Å². The van der Waals surface area contributed by atoms with Crippen molar-refractivity contribution in [1.29, 1.82) is 0 Å². The van der Waals surface area contributed by atoms with Gasteiger partial charge in [0.05, 0.1) is 0 Å². The number of carboxylic acid groups (broad SMARTS) is 1. The van der Waals surface area contributed by atoms with E-state index in [0.29, 0.717) is 31.1 Å². The molecule has 0 aliphatic carbocycles. The van der Waals surface area contributed by atoms with Crippen LogP contribution < -0.4 is 4.74 Å². The Balaban J connectivity index is 1.69. The van der Waals surface area contributed by atoms with Crippen LogP contribution in [-0.4, -0.2) is 42.7 Å². The second kappa shape index (κ2) is 11.1. The van der Waals surface area contributed by atoms with Gasteiger partial charge >= 0.3 is 5.97 Å². The number of carboxylic acids is 1. The first-order chi connectivity index (χ1) is 15.1. The Kier molecular flexibility index (Phi) is 8.01. The molecule has 0 amide bonds. The summed E-state index contributed by atoms with van der Waals surface area (Å²) in [6.45, 7) is 4.73. The monoisotopic (exact) mass is 421 g/mol. The van der Waals surface area contributed by atoms with Crippen molar-refractivity contribution < 1.29 is 24.2 Å². The average molecular weight is 421 g/mol. The van der Waals surface area contributed by atoms with E-state index >= 15 is 0 Å². The van der Waals surface area contributed by atoms with Crippen LogP contribution in [-0.2, 0) is 20.8 Å². The number of oxime groups is 1. The molecule has 0 heterocycles. The number of aliphatic carboxylic acids is 1. The van der Waals surface area contributed by atoms with Gasteiger partial charge in [-0.3, -0.25) is 0 Å². The van der Waals surface area contributed by atoms with Gasteiger partial charge < -0.3 is 19.4 Å². The molecule has 1 N–H and O–H groups in total. The van der Waals surface area contributed by atoms with Gasteiger partial charge in [0, 0.05) is 18.6 Å². The molecule has 3 aromatic carbocycles. The minimum Gasteiger partial charge on any atom is -0.487 e. The summed E-state index contributed by atoms with van der Waals surface area (Å²) in [5.74, 6) is -0.300. The maximum Gasteiger partial charge on any atom is 0.333 e. The van der Waals surface area contributed by atoms with Crippen LogP contribution in [0.25, 0.3) is 10.8 Å². The van der Waals surface area contributed by atoms with Crippen molar-refractivity contribution in [2.45, 2.75) is 26.4 Å². The number of nitrogens with zero attached hydrogens (tertiary/aromatic N) is 1. The fourth-order valence-corrected chi connectivity index (χ4v) is 3.18. The van der Waals surface area contributed by atoms with Crippen LogP contribution in [0.1, 0.15) is 25.0 Å². The third-order valence-electron chi connectivity index (χ3n) is 4.75. The average Bonchev–Trinajstić information content (AvgIpc) is 2.79. The van der Waals surface area contributed by atoms with Gasteiger partial charge in [0.25, 0.3) is 0 Å². The lowest BCUT2D eigenvalue weighted by molar-refractivity contribution is -0.149. The Morgan fingerprint density at radius 1 is 0.968 bits per heavy atom. The summed E-state index contributed by atoms with van der Waals surface area (Å²) >= 11 is 0. The molecule has 3 aromatic rings. The van der Waals surface area contributed by atoms with E-state index in [1.165, 1.54) is 0 Å². The third kappa shape index (κ3) is 6.30. The lowest BCUT2D eigenvalue weighted by Gasteiger charge is -2.13. The van der Waals surface area contributed by atoms with Crippen LogP contribution in [0, 0.1) is 0 Å². The molecule has 6 heteroatoms. The zero-order chi connectivity index (χ0) is 22.1. The van der Waals surface area contributed by atoms with E-state index in [-0.39, 0.29) is 6.61 Å². The van der Waals surface area contributed by atoms with Crippen LogP contribution in [0.2, 0.25) is 0 Å². The minimum atomic E-state index is -0.964.